The molecule has 23 heavy (non-hydrogen) atoms. The standard InChI is InChI=1S/C16H15NO6/c1-20-14-2-4-15(5-3-14)22-9-12-7-13(17(18)19)6-11-8-21-10-23-16(11)12/h2-7H,8-10H2,1H3. The molecule has 0 saturated carbocycles. The topological polar surface area (TPSA) is 80.1 Å². The van der Waals surface area contributed by atoms with Gasteiger partial charge in [-0.3, -0.25) is 10.1 Å². The van der Waals surface area contributed by atoms with Crippen LogP contribution in [-0.4, -0.2) is 18.8 Å². The Labute approximate surface area is 132 Å². The van der Waals surface area contributed by atoms with Crippen molar-refractivity contribution in [3.63, 3.8) is 0 Å². The van der Waals surface area contributed by atoms with E-state index in [1.807, 2.05) is 0 Å². The van der Waals surface area contributed by atoms with Crippen LogP contribution in [0.2, 0.25) is 0 Å². The molecule has 7 nitrogen and oxygen atoms in total. The average molecular weight is 317 g/mol. The summed E-state index contributed by atoms with van der Waals surface area (Å²) in [6.45, 7) is 0.573. The highest BCUT2D eigenvalue weighted by Gasteiger charge is 2.21. The van der Waals surface area contributed by atoms with E-state index in [0.29, 0.717) is 22.6 Å². The van der Waals surface area contributed by atoms with Crippen molar-refractivity contribution in [3.05, 3.63) is 57.6 Å². The molecule has 0 fully saturated rings. The highest BCUT2D eigenvalue weighted by atomic mass is 16.7. The van der Waals surface area contributed by atoms with Gasteiger partial charge >= 0.3 is 0 Å². The van der Waals surface area contributed by atoms with Gasteiger partial charge in [-0.25, -0.2) is 0 Å². The van der Waals surface area contributed by atoms with Crippen LogP contribution in [0.4, 0.5) is 5.69 Å². The first-order valence-electron chi connectivity index (χ1n) is 6.95. The molecule has 1 aliphatic rings. The summed E-state index contributed by atoms with van der Waals surface area (Å²) in [6, 6.07) is 10.0. The smallest absolute Gasteiger partial charge is 0.270 e. The van der Waals surface area contributed by atoms with Crippen LogP contribution >= 0.6 is 0 Å². The van der Waals surface area contributed by atoms with E-state index >= 15 is 0 Å². The van der Waals surface area contributed by atoms with Crippen LogP contribution in [0.25, 0.3) is 0 Å². The van der Waals surface area contributed by atoms with Crippen molar-refractivity contribution in [2.45, 2.75) is 13.2 Å². The predicted octanol–water partition coefficient (Wildman–Crippen LogP) is 3.05. The summed E-state index contributed by atoms with van der Waals surface area (Å²) in [6.07, 6.45) is 0. The lowest BCUT2D eigenvalue weighted by atomic mass is 10.1. The normalized spacial score (nSPS) is 12.9. The zero-order valence-electron chi connectivity index (χ0n) is 12.5. The van der Waals surface area contributed by atoms with Gasteiger partial charge in [-0.2, -0.15) is 0 Å². The summed E-state index contributed by atoms with van der Waals surface area (Å²) in [5.74, 6) is 1.96. The van der Waals surface area contributed by atoms with Gasteiger partial charge in [0, 0.05) is 23.3 Å². The maximum atomic E-state index is 11.1. The summed E-state index contributed by atoms with van der Waals surface area (Å²) in [7, 11) is 1.59. The molecule has 0 amide bonds. The fraction of sp³-hybridized carbons (Fsp3) is 0.250. The minimum absolute atomic E-state index is 0.00817. The molecular weight excluding hydrogens is 302 g/mol. The van der Waals surface area contributed by atoms with Crippen molar-refractivity contribution < 1.29 is 23.9 Å². The molecule has 2 aromatic carbocycles. The molecule has 1 aliphatic heterocycles. The van der Waals surface area contributed by atoms with E-state index < -0.39 is 4.92 Å². The SMILES string of the molecule is COc1ccc(OCc2cc([N+](=O)[O-])cc3c2OCOC3)cc1. The van der Waals surface area contributed by atoms with Gasteiger partial charge in [-0.1, -0.05) is 0 Å². The fourth-order valence-corrected chi connectivity index (χ4v) is 2.33. The number of hydrogen-bond donors (Lipinski definition) is 0. The van der Waals surface area contributed by atoms with Gasteiger partial charge < -0.3 is 18.9 Å². The molecule has 0 saturated heterocycles. The lowest BCUT2D eigenvalue weighted by Gasteiger charge is -2.20. The fourth-order valence-electron chi connectivity index (χ4n) is 2.33. The van der Waals surface area contributed by atoms with Gasteiger partial charge in [-0.05, 0) is 24.3 Å². The minimum atomic E-state index is -0.439. The summed E-state index contributed by atoms with van der Waals surface area (Å²) in [5, 5.41) is 11.1. The second-order valence-electron chi connectivity index (χ2n) is 4.93. The van der Waals surface area contributed by atoms with Crippen LogP contribution in [0.1, 0.15) is 11.1 Å². The Kier molecular flexibility index (Phi) is 4.29. The second kappa shape index (κ2) is 6.53. The number of non-ortho nitro benzene ring substituents is 1. The van der Waals surface area contributed by atoms with Gasteiger partial charge in [0.25, 0.3) is 5.69 Å². The van der Waals surface area contributed by atoms with E-state index in [0.717, 1.165) is 5.75 Å². The molecule has 0 spiro atoms. The molecule has 7 heteroatoms. The quantitative estimate of drug-likeness (QED) is 0.623. The van der Waals surface area contributed by atoms with E-state index in [1.54, 1.807) is 31.4 Å². The van der Waals surface area contributed by atoms with Crippen LogP contribution in [0.15, 0.2) is 36.4 Å². The maximum Gasteiger partial charge on any atom is 0.270 e. The molecular formula is C16H15NO6. The lowest BCUT2D eigenvalue weighted by molar-refractivity contribution is -0.385. The Balaban J connectivity index is 1.83. The number of nitrogens with zero attached hydrogens (tertiary/aromatic N) is 1. The Morgan fingerprint density at radius 3 is 2.65 bits per heavy atom. The number of methoxy groups -OCH3 is 1. The van der Waals surface area contributed by atoms with Crippen molar-refractivity contribution in [1.29, 1.82) is 0 Å². The number of nitro benzene ring substituents is 1. The van der Waals surface area contributed by atoms with Crippen LogP contribution in [-0.2, 0) is 18.0 Å². The van der Waals surface area contributed by atoms with Crippen LogP contribution in [0.3, 0.4) is 0 Å². The molecule has 0 N–H and O–H groups in total. The monoisotopic (exact) mass is 317 g/mol. The second-order valence-corrected chi connectivity index (χ2v) is 4.93. The van der Waals surface area contributed by atoms with E-state index in [2.05, 4.69) is 0 Å². The predicted molar refractivity (Wildman–Crippen MR) is 80.7 cm³/mol. The number of benzene rings is 2. The van der Waals surface area contributed by atoms with E-state index in [9.17, 15) is 10.1 Å². The summed E-state index contributed by atoms with van der Waals surface area (Å²) in [5.41, 5.74) is 1.26. The molecule has 0 bridgehead atoms. The largest absolute Gasteiger partial charge is 0.497 e. The number of hydrogen-bond acceptors (Lipinski definition) is 6. The Morgan fingerprint density at radius 2 is 1.96 bits per heavy atom. The highest BCUT2D eigenvalue weighted by molar-refractivity contribution is 5.50. The van der Waals surface area contributed by atoms with Gasteiger partial charge in [-0.15, -0.1) is 0 Å². The molecule has 0 radical (unpaired) electrons. The molecule has 2 aromatic rings. The minimum Gasteiger partial charge on any atom is -0.497 e. The molecule has 0 aromatic heterocycles. The van der Waals surface area contributed by atoms with Crippen molar-refractivity contribution in [2.24, 2.45) is 0 Å². The summed E-state index contributed by atoms with van der Waals surface area (Å²) in [4.78, 5) is 10.6. The summed E-state index contributed by atoms with van der Waals surface area (Å²) < 4.78 is 21.4. The van der Waals surface area contributed by atoms with Crippen LogP contribution < -0.4 is 14.2 Å². The number of nitro groups is 1. The van der Waals surface area contributed by atoms with Gasteiger partial charge in [0.1, 0.15) is 23.9 Å². The first kappa shape index (κ1) is 15.1. The molecule has 0 aliphatic carbocycles. The Bertz CT molecular complexity index is 713. The van der Waals surface area contributed by atoms with Gasteiger partial charge in [0.05, 0.1) is 18.6 Å². The Hall–Kier alpha value is -2.80. The molecule has 120 valence electrons. The lowest BCUT2D eigenvalue weighted by Crippen LogP contribution is -2.14. The molecule has 1 heterocycles. The molecule has 0 atom stereocenters. The third-order valence-electron chi connectivity index (χ3n) is 3.44. The number of ether oxygens (including phenoxy) is 4. The number of fused-ring (bicyclic) bond motifs is 1. The first-order chi connectivity index (χ1) is 11.2. The van der Waals surface area contributed by atoms with Crippen LogP contribution in [0.5, 0.6) is 17.2 Å². The number of rotatable bonds is 5. The van der Waals surface area contributed by atoms with Gasteiger partial charge in [0.15, 0.2) is 6.79 Å². The van der Waals surface area contributed by atoms with Crippen LogP contribution in [0, 0.1) is 10.1 Å². The highest BCUT2D eigenvalue weighted by Crippen LogP contribution is 2.33. The maximum absolute atomic E-state index is 11.1. The molecule has 0 unspecified atom stereocenters. The van der Waals surface area contributed by atoms with Crippen molar-refractivity contribution in [2.75, 3.05) is 13.9 Å². The third-order valence-corrected chi connectivity index (χ3v) is 3.44. The van der Waals surface area contributed by atoms with E-state index in [4.69, 9.17) is 18.9 Å². The average Bonchev–Trinajstić information content (AvgIpc) is 2.59. The van der Waals surface area contributed by atoms with E-state index in [1.165, 1.54) is 12.1 Å². The molecule has 3 rings (SSSR count). The van der Waals surface area contributed by atoms with Crippen molar-refractivity contribution in [1.82, 2.24) is 0 Å². The van der Waals surface area contributed by atoms with Crippen molar-refractivity contribution in [3.8, 4) is 17.2 Å². The third kappa shape index (κ3) is 3.35. The van der Waals surface area contributed by atoms with E-state index in [-0.39, 0.29) is 25.7 Å². The zero-order valence-corrected chi connectivity index (χ0v) is 12.5. The zero-order chi connectivity index (χ0) is 16.2. The Morgan fingerprint density at radius 1 is 1.22 bits per heavy atom. The summed E-state index contributed by atoms with van der Waals surface area (Å²) >= 11 is 0. The van der Waals surface area contributed by atoms with Gasteiger partial charge in [0.2, 0.25) is 0 Å². The first-order valence-corrected chi connectivity index (χ1v) is 6.95. The van der Waals surface area contributed by atoms with Crippen molar-refractivity contribution >= 4 is 5.69 Å².